The molecule has 1 aromatic heterocycles. The molecular weight excluding hydrogens is 438 g/mol. The number of nitro groups is 2. The molecule has 0 spiro atoms. The van der Waals surface area contributed by atoms with E-state index in [1.165, 1.54) is 24.3 Å². The summed E-state index contributed by atoms with van der Waals surface area (Å²) in [5.74, 6) is -0.540. The maximum absolute atomic E-state index is 12.7. The standard InChI is InChI=1S/C20H17N5O6S/c26-19(14-4-5-17(18(11-14)25(29)30)23-6-8-31-9-7-23)22-20-21-16(12-32-20)13-2-1-3-15(10-13)24(27)28/h1-5,10-12H,6-9H2,(H,21,22,26). The number of thiazole rings is 1. The number of amides is 1. The Labute approximate surface area is 185 Å². The molecule has 12 heteroatoms. The van der Waals surface area contributed by atoms with E-state index in [2.05, 4.69) is 10.3 Å². The molecule has 164 valence electrons. The zero-order valence-corrected chi connectivity index (χ0v) is 17.4. The van der Waals surface area contributed by atoms with Gasteiger partial charge in [0, 0.05) is 47.8 Å². The highest BCUT2D eigenvalue weighted by molar-refractivity contribution is 7.14. The van der Waals surface area contributed by atoms with Gasteiger partial charge in [-0.1, -0.05) is 12.1 Å². The first-order valence-corrected chi connectivity index (χ1v) is 10.4. The molecule has 11 nitrogen and oxygen atoms in total. The first-order chi connectivity index (χ1) is 15.4. The van der Waals surface area contributed by atoms with Gasteiger partial charge in [-0.05, 0) is 12.1 Å². The van der Waals surface area contributed by atoms with Crippen molar-refractivity contribution in [3.05, 3.63) is 73.6 Å². The predicted molar refractivity (Wildman–Crippen MR) is 118 cm³/mol. The van der Waals surface area contributed by atoms with Crippen molar-refractivity contribution in [1.82, 2.24) is 4.98 Å². The molecule has 2 aromatic carbocycles. The molecule has 0 saturated carbocycles. The lowest BCUT2D eigenvalue weighted by atomic mass is 10.1. The lowest BCUT2D eigenvalue weighted by molar-refractivity contribution is -0.384. The molecule has 0 radical (unpaired) electrons. The van der Waals surface area contributed by atoms with E-state index in [9.17, 15) is 25.0 Å². The van der Waals surface area contributed by atoms with Crippen LogP contribution in [0.5, 0.6) is 0 Å². The summed E-state index contributed by atoms with van der Waals surface area (Å²) in [6, 6.07) is 10.4. The minimum absolute atomic E-state index is 0.0613. The zero-order chi connectivity index (χ0) is 22.7. The molecule has 1 saturated heterocycles. The number of aromatic nitrogens is 1. The normalized spacial score (nSPS) is 13.6. The van der Waals surface area contributed by atoms with Crippen LogP contribution in [0.1, 0.15) is 10.4 Å². The molecule has 4 rings (SSSR count). The fourth-order valence-electron chi connectivity index (χ4n) is 3.29. The summed E-state index contributed by atoms with van der Waals surface area (Å²) in [6.07, 6.45) is 0. The van der Waals surface area contributed by atoms with Crippen molar-refractivity contribution in [2.45, 2.75) is 0 Å². The molecule has 1 aliphatic heterocycles. The van der Waals surface area contributed by atoms with Gasteiger partial charge < -0.3 is 9.64 Å². The molecule has 32 heavy (non-hydrogen) atoms. The highest BCUT2D eigenvalue weighted by atomic mass is 32.1. The van der Waals surface area contributed by atoms with Gasteiger partial charge in [0.1, 0.15) is 5.69 Å². The number of hydrogen-bond donors (Lipinski definition) is 1. The van der Waals surface area contributed by atoms with Gasteiger partial charge in [0.05, 0.1) is 28.8 Å². The van der Waals surface area contributed by atoms with Gasteiger partial charge in [0.2, 0.25) is 0 Å². The number of nitro benzene ring substituents is 2. The van der Waals surface area contributed by atoms with E-state index in [1.54, 1.807) is 23.6 Å². The average molecular weight is 455 g/mol. The summed E-state index contributed by atoms with van der Waals surface area (Å²) in [5, 5.41) is 27.1. The van der Waals surface area contributed by atoms with E-state index in [-0.39, 0.29) is 22.1 Å². The Hall–Kier alpha value is -3.90. The lowest BCUT2D eigenvalue weighted by Crippen LogP contribution is -2.36. The summed E-state index contributed by atoms with van der Waals surface area (Å²) in [6.45, 7) is 2.03. The number of benzene rings is 2. The molecular formula is C20H17N5O6S. The molecule has 0 atom stereocenters. The van der Waals surface area contributed by atoms with Crippen LogP contribution in [0.4, 0.5) is 22.2 Å². The highest BCUT2D eigenvalue weighted by Gasteiger charge is 2.23. The number of carbonyl (C=O) groups is 1. The first kappa shape index (κ1) is 21.3. The van der Waals surface area contributed by atoms with E-state index >= 15 is 0 Å². The molecule has 1 fully saturated rings. The molecule has 0 bridgehead atoms. The predicted octanol–water partition coefficient (Wildman–Crippen LogP) is 3.72. The first-order valence-electron chi connectivity index (χ1n) is 9.55. The minimum atomic E-state index is -0.540. The zero-order valence-electron chi connectivity index (χ0n) is 16.6. The quantitative estimate of drug-likeness (QED) is 0.438. The third kappa shape index (κ3) is 4.55. The van der Waals surface area contributed by atoms with Gasteiger partial charge in [-0.25, -0.2) is 4.98 Å². The Kier molecular flexibility index (Phi) is 6.05. The number of carbonyl (C=O) groups excluding carboxylic acids is 1. The SMILES string of the molecule is O=C(Nc1nc(-c2cccc([N+](=O)[O-])c2)cs1)c1ccc(N2CCOCC2)c([N+](=O)[O-])c1. The fraction of sp³-hybridized carbons (Fsp3) is 0.200. The number of anilines is 2. The number of morpholine rings is 1. The van der Waals surface area contributed by atoms with Gasteiger partial charge >= 0.3 is 0 Å². The summed E-state index contributed by atoms with van der Waals surface area (Å²) in [7, 11) is 0. The van der Waals surface area contributed by atoms with Crippen molar-refractivity contribution in [3.8, 4) is 11.3 Å². The molecule has 3 aromatic rings. The summed E-state index contributed by atoms with van der Waals surface area (Å²) in [5.41, 5.74) is 1.37. The average Bonchev–Trinajstić information content (AvgIpc) is 3.27. The number of non-ortho nitro benzene ring substituents is 1. The van der Waals surface area contributed by atoms with E-state index in [0.717, 1.165) is 11.3 Å². The van der Waals surface area contributed by atoms with E-state index < -0.39 is 15.8 Å². The molecule has 1 N–H and O–H groups in total. The summed E-state index contributed by atoms with van der Waals surface area (Å²) >= 11 is 1.15. The van der Waals surface area contributed by atoms with Crippen molar-refractivity contribution in [1.29, 1.82) is 0 Å². The van der Waals surface area contributed by atoms with E-state index in [0.29, 0.717) is 43.2 Å². The van der Waals surface area contributed by atoms with Crippen LogP contribution in [0.25, 0.3) is 11.3 Å². The smallest absolute Gasteiger partial charge is 0.293 e. The number of ether oxygens (including phenoxy) is 1. The monoisotopic (exact) mass is 455 g/mol. The number of nitrogens with one attached hydrogen (secondary N) is 1. The number of rotatable bonds is 6. The summed E-state index contributed by atoms with van der Waals surface area (Å²) in [4.78, 5) is 40.4. The van der Waals surface area contributed by atoms with Crippen molar-refractivity contribution in [2.75, 3.05) is 36.5 Å². The molecule has 1 aliphatic rings. The van der Waals surface area contributed by atoms with Crippen LogP contribution in [-0.4, -0.2) is 47.0 Å². The Morgan fingerprint density at radius 3 is 2.59 bits per heavy atom. The Balaban J connectivity index is 1.53. The highest BCUT2D eigenvalue weighted by Crippen LogP contribution is 2.31. The number of nitrogens with zero attached hydrogens (tertiary/aromatic N) is 4. The molecule has 1 amide bonds. The van der Waals surface area contributed by atoms with Crippen molar-refractivity contribution >= 4 is 39.4 Å². The third-order valence-electron chi connectivity index (χ3n) is 4.86. The third-order valence-corrected chi connectivity index (χ3v) is 5.62. The maximum Gasteiger partial charge on any atom is 0.293 e. The summed E-state index contributed by atoms with van der Waals surface area (Å²) < 4.78 is 5.29. The van der Waals surface area contributed by atoms with Gasteiger partial charge in [0.15, 0.2) is 5.13 Å². The topological polar surface area (TPSA) is 141 Å². The molecule has 0 aliphatic carbocycles. The van der Waals surface area contributed by atoms with Gasteiger partial charge in [-0.2, -0.15) is 0 Å². The maximum atomic E-state index is 12.7. The van der Waals surface area contributed by atoms with Gasteiger partial charge in [-0.3, -0.25) is 30.3 Å². The second kappa shape index (κ2) is 9.08. The lowest BCUT2D eigenvalue weighted by Gasteiger charge is -2.28. The van der Waals surface area contributed by atoms with E-state index in [4.69, 9.17) is 4.74 Å². The van der Waals surface area contributed by atoms with Crippen LogP contribution < -0.4 is 10.2 Å². The second-order valence-corrected chi connectivity index (χ2v) is 7.72. The Bertz CT molecular complexity index is 1190. The van der Waals surface area contributed by atoms with Crippen molar-refractivity contribution in [2.24, 2.45) is 0 Å². The fourth-order valence-corrected chi connectivity index (χ4v) is 4.01. The van der Waals surface area contributed by atoms with Crippen molar-refractivity contribution in [3.63, 3.8) is 0 Å². The molecule has 0 unspecified atom stereocenters. The van der Waals surface area contributed by atoms with Crippen LogP contribution >= 0.6 is 11.3 Å². The Morgan fingerprint density at radius 2 is 1.88 bits per heavy atom. The van der Waals surface area contributed by atoms with Crippen LogP contribution in [0.3, 0.4) is 0 Å². The van der Waals surface area contributed by atoms with E-state index in [1.807, 2.05) is 4.90 Å². The largest absolute Gasteiger partial charge is 0.378 e. The minimum Gasteiger partial charge on any atom is -0.378 e. The van der Waals surface area contributed by atoms with Crippen LogP contribution in [0.15, 0.2) is 47.8 Å². The van der Waals surface area contributed by atoms with Crippen LogP contribution in [0.2, 0.25) is 0 Å². The number of hydrogen-bond acceptors (Lipinski definition) is 9. The molecule has 2 heterocycles. The van der Waals surface area contributed by atoms with Crippen LogP contribution in [0, 0.1) is 20.2 Å². The second-order valence-electron chi connectivity index (χ2n) is 6.86. The Morgan fingerprint density at radius 1 is 1.09 bits per heavy atom. The van der Waals surface area contributed by atoms with Gasteiger partial charge in [0.25, 0.3) is 17.3 Å². The van der Waals surface area contributed by atoms with Crippen LogP contribution in [-0.2, 0) is 4.74 Å². The van der Waals surface area contributed by atoms with Gasteiger partial charge in [-0.15, -0.1) is 11.3 Å². The van der Waals surface area contributed by atoms with Crippen molar-refractivity contribution < 1.29 is 19.4 Å².